The number of sulfonamides is 1. The van der Waals surface area contributed by atoms with E-state index in [1.165, 1.54) is 40.3 Å². The molecule has 0 saturated carbocycles. The minimum Gasteiger partial charge on any atom is -0.379 e. The highest BCUT2D eigenvalue weighted by atomic mass is 32.2. The highest BCUT2D eigenvalue weighted by Crippen LogP contribution is 2.30. The van der Waals surface area contributed by atoms with Crippen LogP contribution in [0.5, 0.6) is 0 Å². The topological polar surface area (TPSA) is 93.5 Å². The Labute approximate surface area is 196 Å². The van der Waals surface area contributed by atoms with E-state index in [9.17, 15) is 17.6 Å². The first kappa shape index (κ1) is 23.7. The minimum absolute atomic E-state index is 0.191. The second kappa shape index (κ2) is 9.80. The second-order valence-electron chi connectivity index (χ2n) is 7.56. The number of nitrogens with one attached hydrogen (secondary N) is 1. The van der Waals surface area contributed by atoms with Gasteiger partial charge in [0.2, 0.25) is 15.9 Å². The summed E-state index contributed by atoms with van der Waals surface area (Å²) in [7, 11) is -3.63. The zero-order valence-corrected chi connectivity index (χ0v) is 20.0. The molecule has 1 amide bonds. The number of rotatable bonds is 7. The quantitative estimate of drug-likeness (QED) is 0.509. The van der Waals surface area contributed by atoms with Gasteiger partial charge in [-0.1, -0.05) is 11.8 Å². The Kier molecular flexibility index (Phi) is 7.03. The van der Waals surface area contributed by atoms with E-state index in [1.54, 1.807) is 25.1 Å². The van der Waals surface area contributed by atoms with Crippen LogP contribution in [0, 0.1) is 5.82 Å². The zero-order chi connectivity index (χ0) is 23.6. The van der Waals surface area contributed by atoms with Crippen LogP contribution in [0.2, 0.25) is 0 Å². The van der Waals surface area contributed by atoms with Crippen LogP contribution in [-0.4, -0.2) is 59.7 Å². The number of ether oxygens (including phenoxy) is 1. The van der Waals surface area contributed by atoms with Gasteiger partial charge in [0.15, 0.2) is 5.16 Å². The lowest BCUT2D eigenvalue weighted by atomic mass is 10.3. The number of carbonyl (C=O) groups is 1. The Hall–Kier alpha value is -2.47. The smallest absolute Gasteiger partial charge is 0.243 e. The summed E-state index contributed by atoms with van der Waals surface area (Å²) in [6.45, 7) is 5.75. The van der Waals surface area contributed by atoms with Gasteiger partial charge in [-0.2, -0.15) is 4.31 Å². The minimum atomic E-state index is -3.63. The van der Waals surface area contributed by atoms with Crippen molar-refractivity contribution in [2.75, 3.05) is 31.6 Å². The number of aryl methyl sites for hydroxylation is 1. The standard InChI is InChI=1S/C22H25FN4O4S2/c1-3-27-20-9-8-18(33(29,30)26-10-12-31-13-11-26)14-19(20)25-22(27)32-15(2)21(28)24-17-6-4-16(23)5-7-17/h4-9,14-15H,3,10-13H2,1-2H3,(H,24,28)/t15-/m1/s1. The van der Waals surface area contributed by atoms with E-state index in [0.29, 0.717) is 49.2 Å². The maximum Gasteiger partial charge on any atom is 0.243 e. The van der Waals surface area contributed by atoms with Crippen molar-refractivity contribution in [3.05, 3.63) is 48.3 Å². The fourth-order valence-electron chi connectivity index (χ4n) is 3.57. The molecule has 1 N–H and O–H groups in total. The first-order chi connectivity index (χ1) is 15.8. The van der Waals surface area contributed by atoms with Gasteiger partial charge in [-0.15, -0.1) is 0 Å². The SMILES string of the molecule is CCn1c(S[C@H](C)C(=O)Nc2ccc(F)cc2)nc2cc(S(=O)(=O)N3CCOCC3)ccc21. The van der Waals surface area contributed by atoms with Crippen LogP contribution < -0.4 is 5.32 Å². The molecule has 1 atom stereocenters. The van der Waals surface area contributed by atoms with Gasteiger partial charge in [0.25, 0.3) is 0 Å². The third kappa shape index (κ3) is 5.06. The van der Waals surface area contributed by atoms with E-state index < -0.39 is 15.3 Å². The van der Waals surface area contributed by atoms with Crippen LogP contribution >= 0.6 is 11.8 Å². The van der Waals surface area contributed by atoms with Crippen molar-refractivity contribution in [2.45, 2.75) is 35.7 Å². The molecule has 0 unspecified atom stereocenters. The summed E-state index contributed by atoms with van der Waals surface area (Å²) in [5.74, 6) is -0.612. The second-order valence-corrected chi connectivity index (χ2v) is 10.8. The summed E-state index contributed by atoms with van der Waals surface area (Å²) in [6, 6.07) is 10.5. The molecule has 176 valence electrons. The predicted octanol–water partition coefficient (Wildman–Crippen LogP) is 3.34. The Morgan fingerprint density at radius 2 is 1.91 bits per heavy atom. The van der Waals surface area contributed by atoms with Crippen molar-refractivity contribution in [3.63, 3.8) is 0 Å². The number of carbonyl (C=O) groups excluding carboxylic acids is 1. The Morgan fingerprint density at radius 1 is 1.21 bits per heavy atom. The number of halogens is 1. The van der Waals surface area contributed by atoms with E-state index in [-0.39, 0.29) is 16.6 Å². The molecular formula is C22H25FN4O4S2. The Balaban J connectivity index is 1.56. The number of thioether (sulfide) groups is 1. The van der Waals surface area contributed by atoms with Crippen molar-refractivity contribution >= 4 is 44.4 Å². The molecular weight excluding hydrogens is 467 g/mol. The zero-order valence-electron chi connectivity index (χ0n) is 18.3. The van der Waals surface area contributed by atoms with Gasteiger partial charge in [0, 0.05) is 25.3 Å². The summed E-state index contributed by atoms with van der Waals surface area (Å²) in [6.07, 6.45) is 0. The van der Waals surface area contributed by atoms with Crippen molar-refractivity contribution in [3.8, 4) is 0 Å². The molecule has 0 spiro atoms. The highest BCUT2D eigenvalue weighted by molar-refractivity contribution is 8.00. The number of imidazole rings is 1. The van der Waals surface area contributed by atoms with Gasteiger partial charge < -0.3 is 14.6 Å². The molecule has 4 rings (SSSR count). The van der Waals surface area contributed by atoms with Crippen LogP contribution in [0.3, 0.4) is 0 Å². The predicted molar refractivity (Wildman–Crippen MR) is 125 cm³/mol. The number of fused-ring (bicyclic) bond motifs is 1. The number of benzene rings is 2. The van der Waals surface area contributed by atoms with Crippen molar-refractivity contribution in [1.29, 1.82) is 0 Å². The number of morpholine rings is 1. The molecule has 0 aliphatic carbocycles. The molecule has 1 aliphatic heterocycles. The van der Waals surface area contributed by atoms with E-state index >= 15 is 0 Å². The summed E-state index contributed by atoms with van der Waals surface area (Å²) < 4.78 is 47.7. The maximum atomic E-state index is 13.1. The van der Waals surface area contributed by atoms with E-state index in [1.807, 2.05) is 11.5 Å². The Morgan fingerprint density at radius 3 is 2.58 bits per heavy atom. The molecule has 1 aliphatic rings. The fraction of sp³-hybridized carbons (Fsp3) is 0.364. The lowest BCUT2D eigenvalue weighted by molar-refractivity contribution is -0.115. The summed E-state index contributed by atoms with van der Waals surface area (Å²) >= 11 is 1.28. The first-order valence-electron chi connectivity index (χ1n) is 10.6. The molecule has 2 aromatic carbocycles. The van der Waals surface area contributed by atoms with E-state index in [0.717, 1.165) is 5.52 Å². The molecule has 11 heteroatoms. The van der Waals surface area contributed by atoms with E-state index in [2.05, 4.69) is 10.3 Å². The van der Waals surface area contributed by atoms with Gasteiger partial charge in [0.1, 0.15) is 5.82 Å². The number of hydrogen-bond donors (Lipinski definition) is 1. The van der Waals surface area contributed by atoms with Crippen LogP contribution in [0.4, 0.5) is 10.1 Å². The van der Waals surface area contributed by atoms with Crippen LogP contribution in [0.1, 0.15) is 13.8 Å². The lowest BCUT2D eigenvalue weighted by Crippen LogP contribution is -2.40. The largest absolute Gasteiger partial charge is 0.379 e. The third-order valence-electron chi connectivity index (χ3n) is 5.37. The Bertz CT molecular complexity index is 1260. The monoisotopic (exact) mass is 492 g/mol. The van der Waals surface area contributed by atoms with Crippen molar-refractivity contribution in [1.82, 2.24) is 13.9 Å². The normalized spacial score (nSPS) is 16.1. The lowest BCUT2D eigenvalue weighted by Gasteiger charge is -2.26. The molecule has 33 heavy (non-hydrogen) atoms. The first-order valence-corrected chi connectivity index (χ1v) is 12.9. The van der Waals surface area contributed by atoms with Gasteiger partial charge >= 0.3 is 0 Å². The molecule has 1 saturated heterocycles. The number of nitrogens with zero attached hydrogens (tertiary/aromatic N) is 3. The molecule has 0 radical (unpaired) electrons. The van der Waals surface area contributed by atoms with E-state index in [4.69, 9.17) is 4.74 Å². The molecule has 3 aromatic rings. The molecule has 2 heterocycles. The molecule has 1 fully saturated rings. The summed E-state index contributed by atoms with van der Waals surface area (Å²) in [5.41, 5.74) is 1.86. The van der Waals surface area contributed by atoms with Gasteiger partial charge in [-0.25, -0.2) is 17.8 Å². The number of aromatic nitrogens is 2. The number of anilines is 1. The average Bonchev–Trinajstić information content (AvgIpc) is 3.17. The maximum absolute atomic E-state index is 13.1. The highest BCUT2D eigenvalue weighted by Gasteiger charge is 2.27. The van der Waals surface area contributed by atoms with Gasteiger partial charge in [-0.05, 0) is 56.3 Å². The van der Waals surface area contributed by atoms with Gasteiger partial charge in [-0.3, -0.25) is 4.79 Å². The number of hydrogen-bond acceptors (Lipinski definition) is 6. The molecule has 8 nitrogen and oxygen atoms in total. The van der Waals surface area contributed by atoms with Crippen LogP contribution in [0.15, 0.2) is 52.5 Å². The molecule has 0 bridgehead atoms. The fourth-order valence-corrected chi connectivity index (χ4v) is 5.98. The average molecular weight is 493 g/mol. The summed E-state index contributed by atoms with van der Waals surface area (Å²) in [4.78, 5) is 17.4. The molecule has 1 aromatic heterocycles. The van der Waals surface area contributed by atoms with Crippen molar-refractivity contribution in [2.24, 2.45) is 0 Å². The third-order valence-corrected chi connectivity index (χ3v) is 8.36. The number of amides is 1. The van der Waals surface area contributed by atoms with Crippen molar-refractivity contribution < 1.29 is 22.3 Å². The van der Waals surface area contributed by atoms with Crippen LogP contribution in [-0.2, 0) is 26.1 Å². The van der Waals surface area contributed by atoms with Crippen LogP contribution in [0.25, 0.3) is 11.0 Å². The summed E-state index contributed by atoms with van der Waals surface area (Å²) in [5, 5.41) is 2.91. The van der Waals surface area contributed by atoms with Gasteiger partial charge in [0.05, 0.1) is 34.4 Å².